The van der Waals surface area contributed by atoms with Gasteiger partial charge in [0, 0.05) is 10.6 Å². The summed E-state index contributed by atoms with van der Waals surface area (Å²) in [6.45, 7) is 3.71. The highest BCUT2D eigenvalue weighted by molar-refractivity contribution is 6.32. The number of ether oxygens (including phenoxy) is 2. The Morgan fingerprint density at radius 1 is 1.26 bits per heavy atom. The number of carbonyl (C=O) groups excluding carboxylic acids is 2. The molecule has 0 unspecified atom stereocenters. The molecule has 6 nitrogen and oxygen atoms in total. The average molecular weight is 285 g/mol. The molecular weight excluding hydrogens is 272 g/mol. The SMILES string of the molecule is C=C(c1ccccc1Cl)N(NC(=O)OC)C(=O)OC. The van der Waals surface area contributed by atoms with E-state index in [2.05, 4.69) is 21.5 Å². The number of benzene rings is 1. The highest BCUT2D eigenvalue weighted by Gasteiger charge is 2.22. The van der Waals surface area contributed by atoms with Crippen molar-refractivity contribution in [3.8, 4) is 0 Å². The summed E-state index contributed by atoms with van der Waals surface area (Å²) in [5.74, 6) is 0. The van der Waals surface area contributed by atoms with Crippen LogP contribution >= 0.6 is 11.6 Å². The Morgan fingerprint density at radius 3 is 2.42 bits per heavy atom. The van der Waals surface area contributed by atoms with Crippen LogP contribution in [-0.4, -0.2) is 31.4 Å². The summed E-state index contributed by atoms with van der Waals surface area (Å²) in [4.78, 5) is 22.8. The van der Waals surface area contributed by atoms with Gasteiger partial charge in [0.05, 0.1) is 19.9 Å². The van der Waals surface area contributed by atoms with Crippen LogP contribution in [-0.2, 0) is 9.47 Å². The van der Waals surface area contributed by atoms with Crippen molar-refractivity contribution in [3.63, 3.8) is 0 Å². The fraction of sp³-hybridized carbons (Fsp3) is 0.167. The summed E-state index contributed by atoms with van der Waals surface area (Å²) in [7, 11) is 2.34. The molecule has 7 heteroatoms. The summed E-state index contributed by atoms with van der Waals surface area (Å²) in [6.07, 6.45) is -1.66. The van der Waals surface area contributed by atoms with E-state index in [0.717, 1.165) is 5.01 Å². The van der Waals surface area contributed by atoms with Crippen molar-refractivity contribution >= 4 is 29.5 Å². The molecule has 1 N–H and O–H groups in total. The van der Waals surface area contributed by atoms with Crippen LogP contribution in [0.2, 0.25) is 5.02 Å². The standard InChI is InChI=1S/C12H13ClN2O4/c1-8(9-6-4-5-7-10(9)13)15(12(17)19-3)14-11(16)18-2/h4-7H,1H2,2-3H3,(H,14,16). The third kappa shape index (κ3) is 3.62. The maximum Gasteiger partial charge on any atom is 0.433 e. The Bertz CT molecular complexity index is 504. The van der Waals surface area contributed by atoms with Gasteiger partial charge < -0.3 is 9.47 Å². The zero-order valence-corrected chi connectivity index (χ0v) is 11.2. The van der Waals surface area contributed by atoms with Crippen molar-refractivity contribution < 1.29 is 19.1 Å². The summed E-state index contributed by atoms with van der Waals surface area (Å²) < 4.78 is 8.97. The fourth-order valence-corrected chi connectivity index (χ4v) is 1.51. The number of methoxy groups -OCH3 is 2. The summed E-state index contributed by atoms with van der Waals surface area (Å²) in [6, 6.07) is 6.74. The van der Waals surface area contributed by atoms with Gasteiger partial charge in [0.2, 0.25) is 0 Å². The summed E-state index contributed by atoms with van der Waals surface area (Å²) in [5.41, 5.74) is 2.82. The second kappa shape index (κ2) is 6.65. The minimum Gasteiger partial charge on any atom is -0.452 e. The number of carbonyl (C=O) groups is 2. The number of hydrazine groups is 1. The van der Waals surface area contributed by atoms with Gasteiger partial charge in [0.25, 0.3) is 0 Å². The van der Waals surface area contributed by atoms with Crippen LogP contribution in [0.4, 0.5) is 9.59 Å². The molecule has 0 aliphatic carbocycles. The molecule has 0 aliphatic heterocycles. The van der Waals surface area contributed by atoms with E-state index in [1.165, 1.54) is 14.2 Å². The molecule has 0 bridgehead atoms. The normalized spacial score (nSPS) is 9.42. The maximum absolute atomic E-state index is 11.6. The zero-order valence-electron chi connectivity index (χ0n) is 10.5. The highest BCUT2D eigenvalue weighted by atomic mass is 35.5. The van der Waals surface area contributed by atoms with Gasteiger partial charge in [-0.05, 0) is 6.07 Å². The van der Waals surface area contributed by atoms with Gasteiger partial charge in [-0.25, -0.2) is 15.0 Å². The predicted molar refractivity (Wildman–Crippen MR) is 70.3 cm³/mol. The Labute approximate surface area is 115 Å². The Morgan fingerprint density at radius 2 is 1.89 bits per heavy atom. The van der Waals surface area contributed by atoms with E-state index in [4.69, 9.17) is 11.6 Å². The van der Waals surface area contributed by atoms with Crippen molar-refractivity contribution in [2.45, 2.75) is 0 Å². The maximum atomic E-state index is 11.6. The van der Waals surface area contributed by atoms with Gasteiger partial charge in [0.1, 0.15) is 0 Å². The number of halogens is 1. The van der Waals surface area contributed by atoms with Gasteiger partial charge in [0.15, 0.2) is 0 Å². The Hall–Kier alpha value is -2.21. The smallest absolute Gasteiger partial charge is 0.433 e. The van der Waals surface area contributed by atoms with Gasteiger partial charge in [-0.3, -0.25) is 0 Å². The molecule has 0 atom stereocenters. The first-order valence-electron chi connectivity index (χ1n) is 5.17. The molecule has 2 amide bonds. The van der Waals surface area contributed by atoms with E-state index in [-0.39, 0.29) is 5.70 Å². The van der Waals surface area contributed by atoms with Crippen molar-refractivity contribution in [1.82, 2.24) is 10.4 Å². The lowest BCUT2D eigenvalue weighted by Crippen LogP contribution is -2.44. The number of nitrogens with zero attached hydrogens (tertiary/aromatic N) is 1. The van der Waals surface area contributed by atoms with Gasteiger partial charge >= 0.3 is 12.2 Å². The quantitative estimate of drug-likeness (QED) is 0.848. The van der Waals surface area contributed by atoms with E-state index in [0.29, 0.717) is 10.6 Å². The molecule has 1 aromatic carbocycles. The molecular formula is C12H13ClN2O4. The summed E-state index contributed by atoms with van der Waals surface area (Å²) in [5, 5.41) is 1.20. The second-order valence-corrected chi connectivity index (χ2v) is 3.74. The molecule has 0 heterocycles. The molecule has 1 rings (SSSR count). The minimum atomic E-state index is -0.835. The summed E-state index contributed by atoms with van der Waals surface area (Å²) >= 11 is 6.00. The van der Waals surface area contributed by atoms with Crippen LogP contribution in [0.5, 0.6) is 0 Å². The van der Waals surface area contributed by atoms with Crippen molar-refractivity contribution in [2.75, 3.05) is 14.2 Å². The fourth-order valence-electron chi connectivity index (χ4n) is 1.27. The van der Waals surface area contributed by atoms with Crippen LogP contribution in [0.1, 0.15) is 5.56 Å². The van der Waals surface area contributed by atoms with E-state index in [1.54, 1.807) is 24.3 Å². The van der Waals surface area contributed by atoms with E-state index >= 15 is 0 Å². The molecule has 0 aromatic heterocycles. The molecule has 0 radical (unpaired) electrons. The molecule has 102 valence electrons. The second-order valence-electron chi connectivity index (χ2n) is 3.34. The predicted octanol–water partition coefficient (Wildman–Crippen LogP) is 2.65. The van der Waals surface area contributed by atoms with Crippen molar-refractivity contribution in [1.29, 1.82) is 0 Å². The van der Waals surface area contributed by atoms with Crippen molar-refractivity contribution in [3.05, 3.63) is 41.4 Å². The van der Waals surface area contributed by atoms with E-state index < -0.39 is 12.2 Å². The number of amides is 2. The Balaban J connectivity index is 3.04. The molecule has 0 aliphatic rings. The molecule has 0 spiro atoms. The lowest BCUT2D eigenvalue weighted by Gasteiger charge is -2.23. The van der Waals surface area contributed by atoms with Crippen LogP contribution in [0.15, 0.2) is 30.8 Å². The third-order valence-corrected chi connectivity index (χ3v) is 2.53. The van der Waals surface area contributed by atoms with Crippen LogP contribution in [0.25, 0.3) is 5.70 Å². The number of rotatable bonds is 2. The van der Waals surface area contributed by atoms with Gasteiger partial charge in [-0.2, -0.15) is 5.01 Å². The van der Waals surface area contributed by atoms with Crippen LogP contribution in [0.3, 0.4) is 0 Å². The van der Waals surface area contributed by atoms with Gasteiger partial charge in [-0.15, -0.1) is 0 Å². The average Bonchev–Trinajstić information content (AvgIpc) is 2.43. The number of nitrogens with one attached hydrogen (secondary N) is 1. The number of hydrogen-bond acceptors (Lipinski definition) is 4. The number of hydrogen-bond donors (Lipinski definition) is 1. The first-order valence-corrected chi connectivity index (χ1v) is 5.55. The third-order valence-electron chi connectivity index (χ3n) is 2.20. The monoisotopic (exact) mass is 284 g/mol. The highest BCUT2D eigenvalue weighted by Crippen LogP contribution is 2.24. The van der Waals surface area contributed by atoms with Crippen LogP contribution in [0, 0.1) is 0 Å². The van der Waals surface area contributed by atoms with E-state index in [9.17, 15) is 9.59 Å². The first-order chi connectivity index (χ1) is 9.01. The molecule has 19 heavy (non-hydrogen) atoms. The van der Waals surface area contributed by atoms with Gasteiger partial charge in [-0.1, -0.05) is 36.4 Å². The molecule has 0 saturated heterocycles. The zero-order chi connectivity index (χ0) is 14.4. The topological polar surface area (TPSA) is 67.9 Å². The lowest BCUT2D eigenvalue weighted by molar-refractivity contribution is 0.113. The largest absolute Gasteiger partial charge is 0.452 e. The van der Waals surface area contributed by atoms with Crippen LogP contribution < -0.4 is 5.43 Å². The molecule has 0 saturated carbocycles. The molecule has 0 fully saturated rings. The van der Waals surface area contributed by atoms with Crippen molar-refractivity contribution in [2.24, 2.45) is 0 Å². The minimum absolute atomic E-state index is 0.155. The first kappa shape index (κ1) is 14.8. The van der Waals surface area contributed by atoms with E-state index in [1.807, 2.05) is 0 Å². The Kier molecular flexibility index (Phi) is 5.20. The molecule has 1 aromatic rings. The lowest BCUT2D eigenvalue weighted by atomic mass is 10.2.